The second-order valence-corrected chi connectivity index (χ2v) is 3.71. The lowest BCUT2D eigenvalue weighted by Crippen LogP contribution is -2.54. The fourth-order valence-corrected chi connectivity index (χ4v) is 0.883. The Labute approximate surface area is 89.5 Å². The first-order valence-corrected chi connectivity index (χ1v) is 4.80. The monoisotopic (exact) mass is 217 g/mol. The predicted octanol–water partition coefficient (Wildman–Crippen LogP) is 0.0542. The van der Waals surface area contributed by atoms with E-state index in [1.165, 1.54) is 0 Å². The summed E-state index contributed by atoms with van der Waals surface area (Å²) in [6, 6.07) is 0. The fraction of sp³-hybridized carbons (Fsp3) is 0.778. The van der Waals surface area contributed by atoms with E-state index in [9.17, 15) is 4.79 Å². The van der Waals surface area contributed by atoms with Crippen molar-refractivity contribution in [3.63, 3.8) is 0 Å². The van der Waals surface area contributed by atoms with Crippen molar-refractivity contribution in [3.05, 3.63) is 0 Å². The molecule has 15 heavy (non-hydrogen) atoms. The molecule has 88 valence electrons. The Hall–Kier alpha value is -1.30. The van der Waals surface area contributed by atoms with Crippen LogP contribution in [0.5, 0.6) is 0 Å². The van der Waals surface area contributed by atoms with Crippen LogP contribution in [0.2, 0.25) is 0 Å². The van der Waals surface area contributed by atoms with Gasteiger partial charge >= 0.3 is 0 Å². The number of rotatable bonds is 6. The van der Waals surface area contributed by atoms with Crippen molar-refractivity contribution in [2.24, 2.45) is 10.9 Å². The lowest BCUT2D eigenvalue weighted by atomic mass is 10.0. The summed E-state index contributed by atoms with van der Waals surface area (Å²) >= 11 is 0. The lowest BCUT2D eigenvalue weighted by molar-refractivity contribution is -0.126. The summed E-state index contributed by atoms with van der Waals surface area (Å²) in [4.78, 5) is 11.3. The van der Waals surface area contributed by atoms with Gasteiger partial charge in [-0.15, -0.1) is 0 Å². The minimum atomic E-state index is -0.874. The van der Waals surface area contributed by atoms with E-state index in [1.54, 1.807) is 13.8 Å². The quantitative estimate of drug-likeness (QED) is 0.192. The highest BCUT2D eigenvalue weighted by atomic mass is 16.5. The van der Waals surface area contributed by atoms with Gasteiger partial charge < -0.3 is 21.0 Å². The van der Waals surface area contributed by atoms with Crippen LogP contribution in [0, 0.1) is 0 Å². The summed E-state index contributed by atoms with van der Waals surface area (Å²) in [7, 11) is 0. The molecule has 0 aromatic heterocycles. The van der Waals surface area contributed by atoms with Crippen molar-refractivity contribution in [3.8, 4) is 0 Å². The number of amides is 1. The van der Waals surface area contributed by atoms with Crippen molar-refractivity contribution in [1.82, 2.24) is 5.32 Å². The predicted molar refractivity (Wildman–Crippen MR) is 56.7 cm³/mol. The van der Waals surface area contributed by atoms with Gasteiger partial charge in [-0.25, -0.2) is 0 Å². The van der Waals surface area contributed by atoms with Crippen LogP contribution in [-0.2, 0) is 9.53 Å². The second-order valence-electron chi connectivity index (χ2n) is 3.71. The molecule has 1 amide bonds. The summed E-state index contributed by atoms with van der Waals surface area (Å²) in [6.45, 7) is 5.76. The van der Waals surface area contributed by atoms with Gasteiger partial charge in [0, 0.05) is 6.61 Å². The number of nitrogens with zero attached hydrogens (tertiary/aromatic N) is 1. The number of hydrogen-bond acceptors (Lipinski definition) is 4. The Balaban J connectivity index is 4.05. The maximum absolute atomic E-state index is 11.3. The molecule has 0 radical (unpaired) electrons. The summed E-state index contributed by atoms with van der Waals surface area (Å²) in [5.41, 5.74) is 4.52. The maximum atomic E-state index is 11.3. The van der Waals surface area contributed by atoms with E-state index in [-0.39, 0.29) is 18.3 Å². The third-order valence-electron chi connectivity index (χ3n) is 1.78. The smallest absolute Gasteiger partial charge is 0.246 e. The minimum Gasteiger partial charge on any atom is -0.409 e. The first-order chi connectivity index (χ1) is 6.94. The maximum Gasteiger partial charge on any atom is 0.246 e. The largest absolute Gasteiger partial charge is 0.409 e. The van der Waals surface area contributed by atoms with Crippen LogP contribution in [0.25, 0.3) is 0 Å². The zero-order chi connectivity index (χ0) is 11.9. The Morgan fingerprint density at radius 3 is 2.67 bits per heavy atom. The van der Waals surface area contributed by atoms with Gasteiger partial charge in [0.05, 0.1) is 5.54 Å². The summed E-state index contributed by atoms with van der Waals surface area (Å²) in [5, 5.41) is 13.9. The van der Waals surface area contributed by atoms with E-state index in [0.717, 1.165) is 6.42 Å². The first kappa shape index (κ1) is 13.7. The van der Waals surface area contributed by atoms with Crippen LogP contribution < -0.4 is 11.1 Å². The van der Waals surface area contributed by atoms with E-state index in [2.05, 4.69) is 10.5 Å². The molecule has 0 heterocycles. The fourth-order valence-electron chi connectivity index (χ4n) is 0.883. The van der Waals surface area contributed by atoms with E-state index in [1.807, 2.05) is 6.92 Å². The Kier molecular flexibility index (Phi) is 5.69. The van der Waals surface area contributed by atoms with Crippen molar-refractivity contribution in [2.45, 2.75) is 32.7 Å². The van der Waals surface area contributed by atoms with Gasteiger partial charge in [0.2, 0.25) is 5.91 Å². The van der Waals surface area contributed by atoms with Crippen LogP contribution in [0.4, 0.5) is 0 Å². The number of hydrogen-bond donors (Lipinski definition) is 3. The normalized spacial score (nSPS) is 12.6. The SMILES string of the molecule is CCCOCC(=O)NC(C)(C)C(N)=NO. The van der Waals surface area contributed by atoms with Gasteiger partial charge in [-0.05, 0) is 20.3 Å². The van der Waals surface area contributed by atoms with Crippen LogP contribution >= 0.6 is 0 Å². The molecule has 0 fully saturated rings. The molecule has 6 nitrogen and oxygen atoms in total. The number of ether oxygens (including phenoxy) is 1. The summed E-state index contributed by atoms with van der Waals surface area (Å²) in [6.07, 6.45) is 0.858. The third kappa shape index (κ3) is 5.21. The number of nitrogens with two attached hydrogens (primary N) is 1. The van der Waals surface area contributed by atoms with Gasteiger partial charge in [-0.3, -0.25) is 4.79 Å². The van der Waals surface area contributed by atoms with Crippen LogP contribution in [0.1, 0.15) is 27.2 Å². The van der Waals surface area contributed by atoms with Crippen LogP contribution in [-0.4, -0.2) is 35.7 Å². The van der Waals surface area contributed by atoms with Gasteiger partial charge in [-0.2, -0.15) is 0 Å². The summed E-state index contributed by atoms with van der Waals surface area (Å²) in [5.74, 6) is -0.341. The number of nitrogens with one attached hydrogen (secondary N) is 1. The molecule has 0 atom stereocenters. The molecule has 0 bridgehead atoms. The van der Waals surface area contributed by atoms with Gasteiger partial charge in [0.15, 0.2) is 5.84 Å². The Morgan fingerprint density at radius 2 is 2.20 bits per heavy atom. The highest BCUT2D eigenvalue weighted by Crippen LogP contribution is 2.01. The number of oxime groups is 1. The molecule has 0 aliphatic heterocycles. The minimum absolute atomic E-state index is 0.0179. The van der Waals surface area contributed by atoms with E-state index in [0.29, 0.717) is 6.61 Å². The molecule has 0 aromatic rings. The molecule has 0 saturated heterocycles. The molecule has 0 unspecified atom stereocenters. The van der Waals surface area contributed by atoms with Crippen molar-refractivity contribution in [1.29, 1.82) is 0 Å². The zero-order valence-corrected chi connectivity index (χ0v) is 9.41. The molecular formula is C9H19N3O3. The molecule has 4 N–H and O–H groups in total. The van der Waals surface area contributed by atoms with Crippen LogP contribution in [0.15, 0.2) is 5.16 Å². The average molecular weight is 217 g/mol. The summed E-state index contributed by atoms with van der Waals surface area (Å²) < 4.78 is 5.05. The zero-order valence-electron chi connectivity index (χ0n) is 9.41. The van der Waals surface area contributed by atoms with E-state index in [4.69, 9.17) is 15.7 Å². The Bertz CT molecular complexity index is 239. The standard InChI is InChI=1S/C9H19N3O3/c1-4-5-15-6-7(13)11-9(2,3)8(10)12-14/h14H,4-6H2,1-3H3,(H2,10,12)(H,11,13). The third-order valence-corrected chi connectivity index (χ3v) is 1.78. The van der Waals surface area contributed by atoms with Crippen molar-refractivity contribution in [2.75, 3.05) is 13.2 Å². The molecule has 0 aromatic carbocycles. The highest BCUT2D eigenvalue weighted by molar-refractivity contribution is 5.93. The number of carbonyl (C=O) groups is 1. The lowest BCUT2D eigenvalue weighted by Gasteiger charge is -2.24. The van der Waals surface area contributed by atoms with E-state index < -0.39 is 5.54 Å². The molecule has 0 rings (SSSR count). The second kappa shape index (κ2) is 6.23. The van der Waals surface area contributed by atoms with Crippen molar-refractivity contribution < 1.29 is 14.7 Å². The molecule has 0 spiro atoms. The molecule has 0 saturated carbocycles. The molecule has 0 aliphatic carbocycles. The molecule has 0 aliphatic rings. The van der Waals surface area contributed by atoms with Gasteiger partial charge in [-0.1, -0.05) is 12.1 Å². The highest BCUT2D eigenvalue weighted by Gasteiger charge is 2.25. The number of amidine groups is 1. The van der Waals surface area contributed by atoms with Crippen molar-refractivity contribution >= 4 is 11.7 Å². The molecular weight excluding hydrogens is 198 g/mol. The number of carbonyl (C=O) groups excluding carboxylic acids is 1. The first-order valence-electron chi connectivity index (χ1n) is 4.80. The average Bonchev–Trinajstić information content (AvgIpc) is 2.16. The van der Waals surface area contributed by atoms with Gasteiger partial charge in [0.1, 0.15) is 6.61 Å². The molecule has 6 heteroatoms. The van der Waals surface area contributed by atoms with E-state index >= 15 is 0 Å². The Morgan fingerprint density at radius 1 is 1.60 bits per heavy atom. The van der Waals surface area contributed by atoms with Crippen LogP contribution in [0.3, 0.4) is 0 Å². The van der Waals surface area contributed by atoms with Gasteiger partial charge in [0.25, 0.3) is 0 Å². The topological polar surface area (TPSA) is 96.9 Å².